The lowest BCUT2D eigenvalue weighted by atomic mass is 10.2. The number of rotatable bonds is 3. The molecule has 0 heterocycles. The number of aliphatic hydroxyl groups excluding tert-OH is 1. The topological polar surface area (TPSA) is 20.2 Å². The Morgan fingerprint density at radius 3 is 2.40 bits per heavy atom. The zero-order valence-electron chi connectivity index (χ0n) is 6.75. The van der Waals surface area contributed by atoms with E-state index in [9.17, 15) is 5.11 Å². The highest BCUT2D eigenvalue weighted by Gasteiger charge is 2.48. The second kappa shape index (κ2) is 2.75. The minimum absolute atomic E-state index is 0.145. The van der Waals surface area contributed by atoms with Crippen molar-refractivity contribution in [2.24, 2.45) is 17.8 Å². The van der Waals surface area contributed by atoms with Gasteiger partial charge in [0.1, 0.15) is 0 Å². The van der Waals surface area contributed by atoms with Crippen molar-refractivity contribution in [2.75, 3.05) is 0 Å². The van der Waals surface area contributed by atoms with Crippen molar-refractivity contribution in [3.63, 3.8) is 0 Å². The molecule has 1 saturated carbocycles. The maximum atomic E-state index is 9.25. The Kier molecular flexibility index (Phi) is 2.14. The van der Waals surface area contributed by atoms with E-state index in [1.165, 1.54) is 6.42 Å². The van der Waals surface area contributed by atoms with E-state index in [4.69, 9.17) is 0 Å². The lowest BCUT2D eigenvalue weighted by Crippen LogP contribution is -2.04. The highest BCUT2D eigenvalue weighted by molar-refractivity contribution is 5.07. The molecule has 0 radical (unpaired) electrons. The predicted octanol–water partition coefficient (Wildman–Crippen LogP) is 1.83. The van der Waals surface area contributed by atoms with Gasteiger partial charge in [-0.05, 0) is 24.7 Å². The fourth-order valence-corrected chi connectivity index (χ4v) is 1.98. The summed E-state index contributed by atoms with van der Waals surface area (Å²) in [5.41, 5.74) is 0. The van der Waals surface area contributed by atoms with E-state index in [2.05, 4.69) is 13.5 Å². The molecule has 1 aliphatic carbocycles. The minimum atomic E-state index is -0.145. The molecule has 0 aromatic heterocycles. The second-order valence-electron chi connectivity index (χ2n) is 3.20. The van der Waals surface area contributed by atoms with Crippen LogP contribution >= 0.6 is 0 Å². The van der Waals surface area contributed by atoms with Gasteiger partial charge in [0.2, 0.25) is 0 Å². The van der Waals surface area contributed by atoms with Gasteiger partial charge in [0.15, 0.2) is 0 Å². The first-order valence-corrected chi connectivity index (χ1v) is 4.03. The summed E-state index contributed by atoms with van der Waals surface area (Å²) in [5.74, 6) is 1.80. The third-order valence-electron chi connectivity index (χ3n) is 2.59. The normalized spacial score (nSPS) is 40.9. The van der Waals surface area contributed by atoms with Crippen LogP contribution < -0.4 is 0 Å². The van der Waals surface area contributed by atoms with Gasteiger partial charge in [-0.25, -0.2) is 0 Å². The standard InChI is InChI=1S/C9H16O/c1-4-7-8(5-2)9(7)6(3)10/h4,6-10H,1,5H2,2-3H3/t6-,7-,8-,9-/m1/s1. The largest absolute Gasteiger partial charge is 0.393 e. The average molecular weight is 140 g/mol. The van der Waals surface area contributed by atoms with Crippen molar-refractivity contribution in [1.82, 2.24) is 0 Å². The molecular weight excluding hydrogens is 124 g/mol. The van der Waals surface area contributed by atoms with E-state index >= 15 is 0 Å². The summed E-state index contributed by atoms with van der Waals surface area (Å²) in [5, 5.41) is 9.25. The van der Waals surface area contributed by atoms with Crippen molar-refractivity contribution in [1.29, 1.82) is 0 Å². The molecule has 0 aliphatic heterocycles. The summed E-state index contributed by atoms with van der Waals surface area (Å²) in [4.78, 5) is 0. The minimum Gasteiger partial charge on any atom is -0.393 e. The Bertz CT molecular complexity index is 129. The van der Waals surface area contributed by atoms with Crippen LogP contribution in [0.25, 0.3) is 0 Å². The number of allylic oxidation sites excluding steroid dienone is 1. The zero-order valence-corrected chi connectivity index (χ0v) is 6.75. The van der Waals surface area contributed by atoms with Gasteiger partial charge in [0, 0.05) is 0 Å². The fraction of sp³-hybridized carbons (Fsp3) is 0.778. The monoisotopic (exact) mass is 140 g/mol. The maximum absolute atomic E-state index is 9.25. The predicted molar refractivity (Wildman–Crippen MR) is 42.6 cm³/mol. The molecule has 0 saturated heterocycles. The Morgan fingerprint density at radius 2 is 2.30 bits per heavy atom. The van der Waals surface area contributed by atoms with Crippen molar-refractivity contribution in [3.8, 4) is 0 Å². The first-order chi connectivity index (χ1) is 4.72. The maximum Gasteiger partial charge on any atom is 0.0548 e. The van der Waals surface area contributed by atoms with Crippen LogP contribution in [0.5, 0.6) is 0 Å². The third kappa shape index (κ3) is 1.10. The summed E-state index contributed by atoms with van der Waals surface area (Å²) in [6.07, 6.45) is 3.01. The zero-order chi connectivity index (χ0) is 7.72. The molecule has 1 fully saturated rings. The quantitative estimate of drug-likeness (QED) is 0.593. The fourth-order valence-electron chi connectivity index (χ4n) is 1.98. The lowest BCUT2D eigenvalue weighted by molar-refractivity contribution is 0.161. The van der Waals surface area contributed by atoms with Crippen molar-refractivity contribution in [2.45, 2.75) is 26.4 Å². The smallest absolute Gasteiger partial charge is 0.0548 e. The van der Waals surface area contributed by atoms with Gasteiger partial charge in [-0.15, -0.1) is 6.58 Å². The van der Waals surface area contributed by atoms with Crippen LogP contribution in [0, 0.1) is 17.8 Å². The van der Waals surface area contributed by atoms with Crippen LogP contribution in [-0.4, -0.2) is 11.2 Å². The molecule has 4 atom stereocenters. The molecule has 1 aliphatic rings. The Balaban J connectivity index is 2.43. The molecule has 1 nitrogen and oxygen atoms in total. The number of hydrogen-bond donors (Lipinski definition) is 1. The highest BCUT2D eigenvalue weighted by Crippen LogP contribution is 2.51. The summed E-state index contributed by atoms with van der Waals surface area (Å²) >= 11 is 0. The van der Waals surface area contributed by atoms with Gasteiger partial charge >= 0.3 is 0 Å². The van der Waals surface area contributed by atoms with E-state index < -0.39 is 0 Å². The Hall–Kier alpha value is -0.300. The molecule has 1 N–H and O–H groups in total. The second-order valence-corrected chi connectivity index (χ2v) is 3.20. The summed E-state index contributed by atoms with van der Waals surface area (Å²) in [7, 11) is 0. The van der Waals surface area contributed by atoms with E-state index in [1.807, 2.05) is 13.0 Å². The van der Waals surface area contributed by atoms with E-state index in [0.717, 1.165) is 0 Å². The molecule has 0 aromatic carbocycles. The molecule has 0 spiro atoms. The van der Waals surface area contributed by atoms with E-state index in [-0.39, 0.29) is 6.10 Å². The molecular formula is C9H16O. The summed E-state index contributed by atoms with van der Waals surface area (Å²) in [6.45, 7) is 7.78. The molecule has 0 aromatic rings. The van der Waals surface area contributed by atoms with Crippen LogP contribution in [0.4, 0.5) is 0 Å². The van der Waals surface area contributed by atoms with Crippen LogP contribution in [0.1, 0.15) is 20.3 Å². The molecule has 1 rings (SSSR count). The van der Waals surface area contributed by atoms with Crippen LogP contribution in [0.3, 0.4) is 0 Å². The first kappa shape index (κ1) is 7.80. The molecule has 58 valence electrons. The van der Waals surface area contributed by atoms with Gasteiger partial charge in [0.25, 0.3) is 0 Å². The molecule has 10 heavy (non-hydrogen) atoms. The Labute approximate surface area is 62.8 Å². The first-order valence-electron chi connectivity index (χ1n) is 4.03. The molecule has 0 unspecified atom stereocenters. The van der Waals surface area contributed by atoms with Crippen molar-refractivity contribution >= 4 is 0 Å². The lowest BCUT2D eigenvalue weighted by Gasteiger charge is -1.99. The van der Waals surface area contributed by atoms with E-state index in [0.29, 0.717) is 17.8 Å². The SMILES string of the molecule is C=C[C@@H]1[C@@H](CC)[C@@H]1[C@@H](C)O. The van der Waals surface area contributed by atoms with E-state index in [1.54, 1.807) is 0 Å². The molecule has 0 bridgehead atoms. The van der Waals surface area contributed by atoms with Crippen LogP contribution in [0.15, 0.2) is 12.7 Å². The average Bonchev–Trinajstić information content (AvgIpc) is 2.60. The number of aliphatic hydroxyl groups is 1. The summed E-state index contributed by atoms with van der Waals surface area (Å²) in [6, 6.07) is 0. The van der Waals surface area contributed by atoms with Gasteiger partial charge in [-0.2, -0.15) is 0 Å². The highest BCUT2D eigenvalue weighted by atomic mass is 16.3. The van der Waals surface area contributed by atoms with Gasteiger partial charge in [-0.3, -0.25) is 0 Å². The van der Waals surface area contributed by atoms with Gasteiger partial charge < -0.3 is 5.11 Å². The molecule has 0 amide bonds. The van der Waals surface area contributed by atoms with Crippen molar-refractivity contribution in [3.05, 3.63) is 12.7 Å². The Morgan fingerprint density at radius 1 is 1.70 bits per heavy atom. The van der Waals surface area contributed by atoms with Crippen molar-refractivity contribution < 1.29 is 5.11 Å². The molecule has 1 heteroatoms. The van der Waals surface area contributed by atoms with Crippen LogP contribution in [-0.2, 0) is 0 Å². The van der Waals surface area contributed by atoms with Gasteiger partial charge in [0.05, 0.1) is 6.10 Å². The van der Waals surface area contributed by atoms with Crippen LogP contribution in [0.2, 0.25) is 0 Å². The van der Waals surface area contributed by atoms with Gasteiger partial charge in [-0.1, -0.05) is 19.4 Å². The number of hydrogen-bond acceptors (Lipinski definition) is 1. The third-order valence-corrected chi connectivity index (χ3v) is 2.59. The summed E-state index contributed by atoms with van der Waals surface area (Å²) < 4.78 is 0.